The predicted octanol–water partition coefficient (Wildman–Crippen LogP) is 7.22. The summed E-state index contributed by atoms with van der Waals surface area (Å²) in [5, 5.41) is 2.23. The molecule has 0 radical (unpaired) electrons. The first kappa shape index (κ1) is 36.9. The summed E-state index contributed by atoms with van der Waals surface area (Å²) in [7, 11) is 0.582. The second kappa shape index (κ2) is 17.5. The van der Waals surface area contributed by atoms with Crippen LogP contribution in [0.5, 0.6) is 0 Å². The summed E-state index contributed by atoms with van der Waals surface area (Å²) in [4.78, 5) is 0. The molecule has 3 aromatic carbocycles. The Balaban J connectivity index is 1.55. The van der Waals surface area contributed by atoms with Crippen molar-refractivity contribution in [3.8, 4) is 0 Å². The zero-order chi connectivity index (χ0) is 33.8. The van der Waals surface area contributed by atoms with Crippen LogP contribution >= 0.6 is 0 Å². The van der Waals surface area contributed by atoms with E-state index in [4.69, 9.17) is 28.1 Å². The first-order valence-electron chi connectivity index (χ1n) is 16.7. The average molecular weight is 659 g/mol. The normalized spacial score (nSPS) is 22.4. The lowest BCUT2D eigenvalue weighted by atomic mass is 9.94. The summed E-state index contributed by atoms with van der Waals surface area (Å²) in [6.07, 6.45) is 5.13. The van der Waals surface area contributed by atoms with Crippen LogP contribution in [0.3, 0.4) is 0 Å². The Hall–Kier alpha value is -2.88. The summed E-state index contributed by atoms with van der Waals surface area (Å²) < 4.78 is 39.0. The SMILES string of the molecule is C=CCC(CCCOCc1ccccc1)O[C@]1(C=C)C[C@@H](OC)[C@H](OC)[C@@H](CO[Si](c2ccccc2)(c2ccccc2)C(C)(C)C)O1. The second-order valence-corrected chi connectivity index (χ2v) is 17.6. The maximum Gasteiger partial charge on any atom is 0.261 e. The highest BCUT2D eigenvalue weighted by atomic mass is 28.4. The van der Waals surface area contributed by atoms with Crippen molar-refractivity contribution in [2.75, 3.05) is 27.4 Å². The zero-order valence-corrected chi connectivity index (χ0v) is 29.9. The number of hydrogen-bond acceptors (Lipinski definition) is 6. The van der Waals surface area contributed by atoms with E-state index >= 15 is 0 Å². The molecule has 7 heteroatoms. The van der Waals surface area contributed by atoms with E-state index in [9.17, 15) is 0 Å². The van der Waals surface area contributed by atoms with Gasteiger partial charge in [0, 0.05) is 27.2 Å². The molecule has 5 atom stereocenters. The number of methoxy groups -OCH3 is 2. The molecule has 254 valence electrons. The highest BCUT2D eigenvalue weighted by molar-refractivity contribution is 6.99. The summed E-state index contributed by atoms with van der Waals surface area (Å²) >= 11 is 0. The fraction of sp³-hybridized carbons (Fsp3) is 0.450. The third kappa shape index (κ3) is 9.18. The average Bonchev–Trinajstić information content (AvgIpc) is 3.09. The van der Waals surface area contributed by atoms with Gasteiger partial charge in [0.05, 0.1) is 25.4 Å². The highest BCUT2D eigenvalue weighted by Gasteiger charge is 2.53. The minimum atomic E-state index is -2.83. The predicted molar refractivity (Wildman–Crippen MR) is 193 cm³/mol. The topological polar surface area (TPSA) is 55.4 Å². The van der Waals surface area contributed by atoms with E-state index in [0.717, 1.165) is 18.4 Å². The van der Waals surface area contributed by atoms with Crippen LogP contribution in [0, 0.1) is 0 Å². The van der Waals surface area contributed by atoms with E-state index in [-0.39, 0.29) is 23.4 Å². The largest absolute Gasteiger partial charge is 0.405 e. The summed E-state index contributed by atoms with van der Waals surface area (Å²) in [5.41, 5.74) is 1.16. The third-order valence-corrected chi connectivity index (χ3v) is 14.1. The first-order valence-corrected chi connectivity index (χ1v) is 18.6. The lowest BCUT2D eigenvalue weighted by Crippen LogP contribution is -2.68. The fourth-order valence-corrected chi connectivity index (χ4v) is 11.3. The van der Waals surface area contributed by atoms with E-state index in [1.165, 1.54) is 10.4 Å². The van der Waals surface area contributed by atoms with Crippen LogP contribution in [0.2, 0.25) is 5.04 Å². The van der Waals surface area contributed by atoms with Gasteiger partial charge in [0.2, 0.25) is 0 Å². The van der Waals surface area contributed by atoms with Crippen LogP contribution in [0.15, 0.2) is 116 Å². The van der Waals surface area contributed by atoms with E-state index in [1.54, 1.807) is 20.3 Å². The molecule has 0 aliphatic carbocycles. The number of ether oxygens (including phenoxy) is 5. The molecule has 6 nitrogen and oxygen atoms in total. The van der Waals surface area contributed by atoms with Gasteiger partial charge in [-0.1, -0.05) is 124 Å². The minimum Gasteiger partial charge on any atom is -0.405 e. The van der Waals surface area contributed by atoms with Gasteiger partial charge in [0.1, 0.15) is 12.2 Å². The Morgan fingerprint density at radius 2 is 1.49 bits per heavy atom. The molecule has 3 aromatic rings. The summed E-state index contributed by atoms with van der Waals surface area (Å²) in [6, 6.07) is 31.5. The molecule has 0 bridgehead atoms. The second-order valence-electron chi connectivity index (χ2n) is 13.3. The van der Waals surface area contributed by atoms with E-state index in [1.807, 2.05) is 24.3 Å². The molecule has 1 aliphatic rings. The van der Waals surface area contributed by atoms with Gasteiger partial charge in [-0.15, -0.1) is 6.58 Å². The first-order chi connectivity index (χ1) is 22.7. The van der Waals surface area contributed by atoms with E-state index < -0.39 is 20.2 Å². The van der Waals surface area contributed by atoms with Gasteiger partial charge < -0.3 is 28.1 Å². The van der Waals surface area contributed by atoms with Crippen molar-refractivity contribution in [3.05, 3.63) is 122 Å². The van der Waals surface area contributed by atoms with Gasteiger partial charge in [-0.3, -0.25) is 0 Å². The van der Waals surface area contributed by atoms with Crippen molar-refractivity contribution >= 4 is 18.7 Å². The lowest BCUT2D eigenvalue weighted by molar-refractivity contribution is -0.316. The van der Waals surface area contributed by atoms with Crippen LogP contribution in [-0.4, -0.2) is 66.0 Å². The molecule has 0 amide bonds. The Morgan fingerprint density at radius 1 is 0.894 bits per heavy atom. The summed E-state index contributed by atoms with van der Waals surface area (Å²) in [5.74, 6) is -1.09. The molecule has 47 heavy (non-hydrogen) atoms. The van der Waals surface area contributed by atoms with E-state index in [2.05, 4.69) is 107 Å². The maximum atomic E-state index is 7.31. The van der Waals surface area contributed by atoms with Gasteiger partial charge in [-0.25, -0.2) is 0 Å². The highest BCUT2D eigenvalue weighted by Crippen LogP contribution is 2.40. The molecule has 1 fully saturated rings. The van der Waals surface area contributed by atoms with Crippen LogP contribution in [0.1, 0.15) is 52.0 Å². The van der Waals surface area contributed by atoms with Crippen LogP contribution in [-0.2, 0) is 34.7 Å². The number of benzene rings is 3. The Morgan fingerprint density at radius 3 is 2.00 bits per heavy atom. The monoisotopic (exact) mass is 658 g/mol. The van der Waals surface area contributed by atoms with Crippen molar-refractivity contribution in [1.29, 1.82) is 0 Å². The molecule has 1 saturated heterocycles. The number of hydrogen-bond donors (Lipinski definition) is 0. The standard InChI is InChI=1S/C40H54O6Si/c1-8-20-33(23-19-28-43-30-32-21-13-10-14-22-32)45-40(9-2)29-36(41-6)38(42-7)37(46-40)31-44-47(39(3,4)5,34-24-15-11-16-25-34)35-26-17-12-18-27-35/h8-18,21-22,24-27,33,36-38H,1-2,19-20,23,28-31H2,3-7H3/t33?,36-,37-,38+,40+/m1/s1. The van der Waals surface area contributed by atoms with Crippen LogP contribution in [0.25, 0.3) is 0 Å². The Labute approximate surface area is 283 Å². The molecule has 0 aromatic heterocycles. The molecular formula is C40H54O6Si. The van der Waals surface area contributed by atoms with E-state index in [0.29, 0.717) is 32.7 Å². The smallest absolute Gasteiger partial charge is 0.261 e. The van der Waals surface area contributed by atoms with Gasteiger partial charge in [-0.2, -0.15) is 0 Å². The summed E-state index contributed by atoms with van der Waals surface area (Å²) in [6.45, 7) is 16.5. The van der Waals surface area contributed by atoms with Gasteiger partial charge in [0.25, 0.3) is 8.32 Å². The maximum absolute atomic E-state index is 7.31. The Kier molecular flexibility index (Phi) is 13.8. The van der Waals surface area contributed by atoms with Crippen LogP contribution < -0.4 is 10.4 Å². The molecule has 1 heterocycles. The molecule has 0 N–H and O–H groups in total. The van der Waals surface area contributed by atoms with Gasteiger partial charge in [-0.05, 0) is 46.3 Å². The number of rotatable bonds is 18. The van der Waals surface area contributed by atoms with Crippen molar-refractivity contribution in [1.82, 2.24) is 0 Å². The fourth-order valence-electron chi connectivity index (χ4n) is 6.75. The molecular weight excluding hydrogens is 605 g/mol. The van der Waals surface area contributed by atoms with Crippen molar-refractivity contribution < 1.29 is 28.1 Å². The molecule has 4 rings (SSSR count). The van der Waals surface area contributed by atoms with Crippen LogP contribution in [0.4, 0.5) is 0 Å². The zero-order valence-electron chi connectivity index (χ0n) is 28.9. The molecule has 0 spiro atoms. The Bertz CT molecular complexity index is 1310. The lowest BCUT2D eigenvalue weighted by Gasteiger charge is -2.49. The third-order valence-electron chi connectivity index (χ3n) is 9.06. The van der Waals surface area contributed by atoms with Crippen molar-refractivity contribution in [2.24, 2.45) is 0 Å². The molecule has 1 aliphatic heterocycles. The van der Waals surface area contributed by atoms with Crippen molar-refractivity contribution in [2.45, 2.75) is 88.3 Å². The van der Waals surface area contributed by atoms with Gasteiger partial charge >= 0.3 is 0 Å². The minimum absolute atomic E-state index is 0.138. The van der Waals surface area contributed by atoms with Crippen molar-refractivity contribution in [3.63, 3.8) is 0 Å². The molecule has 0 saturated carbocycles. The molecule has 1 unspecified atom stereocenters. The quantitative estimate of drug-likeness (QED) is 0.0818. The van der Waals surface area contributed by atoms with Gasteiger partial charge in [0.15, 0.2) is 5.79 Å².